The van der Waals surface area contributed by atoms with Crippen LogP contribution in [0.5, 0.6) is 17.4 Å². The number of H-pyrrole nitrogens is 1. The fourth-order valence-corrected chi connectivity index (χ4v) is 5.96. The Morgan fingerprint density at radius 3 is 2.38 bits per heavy atom. The van der Waals surface area contributed by atoms with Gasteiger partial charge >= 0.3 is 6.16 Å². The third-order valence-electron chi connectivity index (χ3n) is 8.15. The summed E-state index contributed by atoms with van der Waals surface area (Å²) in [6.45, 7) is 7.28. The largest absolute Gasteiger partial charge is 0.512 e. The molecular formula is C39H37NO5. The number of aromatic nitrogens is 1. The first-order valence-corrected chi connectivity index (χ1v) is 15.4. The highest BCUT2D eigenvalue weighted by atomic mass is 16.7. The predicted octanol–water partition coefficient (Wildman–Crippen LogP) is 10.1. The molecule has 228 valence electrons. The monoisotopic (exact) mass is 599 g/mol. The number of rotatable bonds is 11. The number of aryl methyl sites for hydroxylation is 2. The molecule has 2 N–H and O–H groups in total. The van der Waals surface area contributed by atoms with Crippen LogP contribution in [-0.2, 0) is 13.0 Å². The van der Waals surface area contributed by atoms with E-state index in [9.17, 15) is 9.90 Å². The van der Waals surface area contributed by atoms with Crippen molar-refractivity contribution in [3.63, 3.8) is 0 Å². The lowest BCUT2D eigenvalue weighted by Crippen LogP contribution is -2.06. The Kier molecular flexibility index (Phi) is 8.74. The topological polar surface area (TPSA) is 80.8 Å². The van der Waals surface area contributed by atoms with Crippen LogP contribution in [0.25, 0.3) is 32.8 Å². The van der Waals surface area contributed by atoms with E-state index in [1.165, 1.54) is 5.56 Å². The van der Waals surface area contributed by atoms with E-state index < -0.39 is 6.16 Å². The Hall–Kier alpha value is -5.23. The van der Waals surface area contributed by atoms with Gasteiger partial charge in [0.2, 0.25) is 5.88 Å². The van der Waals surface area contributed by atoms with E-state index in [0.29, 0.717) is 32.0 Å². The average molecular weight is 600 g/mol. The zero-order chi connectivity index (χ0) is 31.3. The molecule has 45 heavy (non-hydrogen) atoms. The maximum absolute atomic E-state index is 11.7. The lowest BCUT2D eigenvalue weighted by molar-refractivity contribution is 0.142. The summed E-state index contributed by atoms with van der Waals surface area (Å²) in [5.41, 5.74) is 6.95. The summed E-state index contributed by atoms with van der Waals surface area (Å²) in [6, 6.07) is 34.7. The molecule has 0 aliphatic rings. The number of aromatic amines is 1. The summed E-state index contributed by atoms with van der Waals surface area (Å²) < 4.78 is 17.9. The van der Waals surface area contributed by atoms with Crippen molar-refractivity contribution in [2.45, 2.75) is 46.1 Å². The maximum atomic E-state index is 11.7. The number of para-hydroxylation sites is 1. The summed E-state index contributed by atoms with van der Waals surface area (Å²) in [5, 5.41) is 12.7. The van der Waals surface area contributed by atoms with Crippen LogP contribution in [0.3, 0.4) is 0 Å². The molecule has 0 aliphatic carbocycles. The van der Waals surface area contributed by atoms with Gasteiger partial charge in [-0.2, -0.15) is 0 Å². The van der Waals surface area contributed by atoms with E-state index in [4.69, 9.17) is 14.2 Å². The lowest BCUT2D eigenvalue weighted by atomic mass is 9.96. The molecule has 0 fully saturated rings. The van der Waals surface area contributed by atoms with Crippen LogP contribution in [0.2, 0.25) is 0 Å². The van der Waals surface area contributed by atoms with Crippen molar-refractivity contribution < 1.29 is 24.1 Å². The number of hydrogen-bond acceptors (Lipinski definition) is 4. The van der Waals surface area contributed by atoms with Gasteiger partial charge in [-0.1, -0.05) is 105 Å². The average Bonchev–Trinajstić information content (AvgIpc) is 3.38. The van der Waals surface area contributed by atoms with Gasteiger partial charge in [0.1, 0.15) is 18.1 Å². The molecular weight excluding hydrogens is 562 g/mol. The highest BCUT2D eigenvalue weighted by molar-refractivity contribution is 5.98. The van der Waals surface area contributed by atoms with Crippen molar-refractivity contribution in [1.82, 2.24) is 4.98 Å². The molecule has 0 amide bonds. The molecule has 6 nitrogen and oxygen atoms in total. The Morgan fingerprint density at radius 2 is 1.53 bits per heavy atom. The summed E-state index contributed by atoms with van der Waals surface area (Å²) >= 11 is 0. The Morgan fingerprint density at radius 1 is 0.800 bits per heavy atom. The minimum atomic E-state index is -1.36. The molecule has 0 saturated heterocycles. The summed E-state index contributed by atoms with van der Waals surface area (Å²) in [4.78, 5) is 15.0. The molecule has 6 rings (SSSR count). The van der Waals surface area contributed by atoms with Crippen molar-refractivity contribution in [3.8, 4) is 28.5 Å². The molecule has 0 spiro atoms. The SMILES string of the molecule is Cc1ccc(C(C)C)c(OCc2ccccc2-c2cccc3c(CCCOc4cccc5ccccc45)c(OC(=O)O)[nH]c23)c1. The van der Waals surface area contributed by atoms with Crippen molar-refractivity contribution in [2.24, 2.45) is 0 Å². The first kappa shape index (κ1) is 29.8. The maximum Gasteiger partial charge on any atom is 0.512 e. The minimum absolute atomic E-state index is 0.241. The molecule has 0 saturated carbocycles. The van der Waals surface area contributed by atoms with E-state index in [0.717, 1.165) is 61.0 Å². The first-order valence-electron chi connectivity index (χ1n) is 15.4. The molecule has 5 aromatic carbocycles. The zero-order valence-corrected chi connectivity index (χ0v) is 25.8. The second kappa shape index (κ2) is 13.2. The van der Waals surface area contributed by atoms with Crippen LogP contribution < -0.4 is 14.2 Å². The summed E-state index contributed by atoms with van der Waals surface area (Å²) in [5.74, 6) is 2.31. The summed E-state index contributed by atoms with van der Waals surface area (Å²) in [7, 11) is 0. The van der Waals surface area contributed by atoms with Crippen LogP contribution in [0.1, 0.15) is 48.4 Å². The number of nitrogens with one attached hydrogen (secondary N) is 1. The van der Waals surface area contributed by atoms with Crippen LogP contribution in [0.15, 0.2) is 103 Å². The number of hydrogen-bond donors (Lipinski definition) is 2. The van der Waals surface area contributed by atoms with Gasteiger partial charge in [-0.3, -0.25) is 0 Å². The van der Waals surface area contributed by atoms with Gasteiger partial charge in [-0.25, -0.2) is 4.79 Å². The first-order chi connectivity index (χ1) is 21.9. The van der Waals surface area contributed by atoms with Gasteiger partial charge in [-0.15, -0.1) is 0 Å². The Balaban J connectivity index is 1.27. The van der Waals surface area contributed by atoms with E-state index in [-0.39, 0.29) is 5.88 Å². The minimum Gasteiger partial charge on any atom is -0.493 e. The third kappa shape index (κ3) is 6.50. The highest BCUT2D eigenvalue weighted by Gasteiger charge is 2.19. The fraction of sp³-hybridized carbons (Fsp3) is 0.205. The van der Waals surface area contributed by atoms with Crippen LogP contribution in [0.4, 0.5) is 4.79 Å². The number of ether oxygens (including phenoxy) is 3. The summed E-state index contributed by atoms with van der Waals surface area (Å²) in [6.07, 6.45) is -0.105. The van der Waals surface area contributed by atoms with E-state index in [1.807, 2.05) is 54.6 Å². The quantitative estimate of drug-likeness (QED) is 0.114. The standard InChI is InChI=1S/C39H37NO5/c1-25(2)29-21-20-26(3)23-36(29)44-24-28-12-5-6-14-30(28)32-16-9-17-33-34(38(40-37(32)33)45-39(41)42)18-10-22-43-35-19-8-13-27-11-4-7-15-31(27)35/h4-9,11-17,19-21,23,25,40H,10,18,22,24H2,1-3H3,(H,41,42). The van der Waals surface area contributed by atoms with Crippen LogP contribution in [0, 0.1) is 6.92 Å². The van der Waals surface area contributed by atoms with Crippen LogP contribution >= 0.6 is 0 Å². The smallest absolute Gasteiger partial charge is 0.493 e. The third-order valence-corrected chi connectivity index (χ3v) is 8.15. The second-order valence-corrected chi connectivity index (χ2v) is 11.6. The van der Waals surface area contributed by atoms with E-state index >= 15 is 0 Å². The molecule has 1 heterocycles. The Labute approximate surface area is 263 Å². The van der Waals surface area contributed by atoms with Gasteiger partial charge in [0.25, 0.3) is 0 Å². The molecule has 0 bridgehead atoms. The Bertz CT molecular complexity index is 1970. The fourth-order valence-electron chi connectivity index (χ4n) is 5.96. The van der Waals surface area contributed by atoms with Gasteiger partial charge in [0.15, 0.2) is 0 Å². The molecule has 0 aliphatic heterocycles. The molecule has 1 aromatic heterocycles. The molecule has 6 heteroatoms. The number of fused-ring (bicyclic) bond motifs is 2. The van der Waals surface area contributed by atoms with E-state index in [2.05, 4.69) is 74.3 Å². The molecule has 0 radical (unpaired) electrons. The van der Waals surface area contributed by atoms with Crippen molar-refractivity contribution in [2.75, 3.05) is 6.61 Å². The highest BCUT2D eigenvalue weighted by Crippen LogP contribution is 2.38. The van der Waals surface area contributed by atoms with Gasteiger partial charge < -0.3 is 24.3 Å². The van der Waals surface area contributed by atoms with Crippen molar-refractivity contribution in [1.29, 1.82) is 0 Å². The number of benzene rings is 5. The zero-order valence-electron chi connectivity index (χ0n) is 25.8. The predicted molar refractivity (Wildman–Crippen MR) is 180 cm³/mol. The lowest BCUT2D eigenvalue weighted by Gasteiger charge is -2.17. The second-order valence-electron chi connectivity index (χ2n) is 11.6. The van der Waals surface area contributed by atoms with Gasteiger partial charge in [0, 0.05) is 21.9 Å². The van der Waals surface area contributed by atoms with Crippen molar-refractivity contribution >= 4 is 27.8 Å². The molecule has 6 aromatic rings. The number of carboxylic acid groups (broad SMARTS) is 1. The van der Waals surface area contributed by atoms with Gasteiger partial charge in [0.05, 0.1) is 12.1 Å². The number of carbonyl (C=O) groups is 1. The normalized spacial score (nSPS) is 11.3. The van der Waals surface area contributed by atoms with Crippen LogP contribution in [-0.4, -0.2) is 22.9 Å². The van der Waals surface area contributed by atoms with Gasteiger partial charge in [-0.05, 0) is 65.5 Å². The molecule has 0 atom stereocenters. The molecule has 0 unspecified atom stereocenters. The van der Waals surface area contributed by atoms with E-state index in [1.54, 1.807) is 0 Å². The van der Waals surface area contributed by atoms with Crippen molar-refractivity contribution in [3.05, 3.63) is 125 Å².